The maximum absolute atomic E-state index is 11.9. The highest BCUT2D eigenvalue weighted by Gasteiger charge is 2.11. The van der Waals surface area contributed by atoms with Gasteiger partial charge in [-0.25, -0.2) is 13.1 Å². The SMILES string of the molecule is CN=C(NCCSc1ccccc1)NCc1cccc(S(=O)(=O)NC)c1.I. The van der Waals surface area contributed by atoms with E-state index in [1.807, 2.05) is 24.3 Å². The van der Waals surface area contributed by atoms with Crippen LogP contribution < -0.4 is 15.4 Å². The van der Waals surface area contributed by atoms with Gasteiger partial charge in [-0.2, -0.15) is 0 Å². The molecule has 0 saturated carbocycles. The first-order valence-electron chi connectivity index (χ1n) is 8.20. The summed E-state index contributed by atoms with van der Waals surface area (Å²) in [6, 6.07) is 17.1. The second kappa shape index (κ2) is 12.2. The van der Waals surface area contributed by atoms with Crippen LogP contribution in [-0.2, 0) is 16.6 Å². The lowest BCUT2D eigenvalue weighted by atomic mass is 10.2. The van der Waals surface area contributed by atoms with Crippen LogP contribution in [-0.4, -0.2) is 40.8 Å². The molecular formula is C18H25IN4O2S2. The van der Waals surface area contributed by atoms with Crippen LogP contribution in [0.2, 0.25) is 0 Å². The van der Waals surface area contributed by atoms with Gasteiger partial charge in [-0.3, -0.25) is 4.99 Å². The number of rotatable bonds is 8. The van der Waals surface area contributed by atoms with E-state index in [1.54, 1.807) is 37.0 Å². The number of hydrogen-bond donors (Lipinski definition) is 3. The van der Waals surface area contributed by atoms with Crippen LogP contribution in [0.5, 0.6) is 0 Å². The van der Waals surface area contributed by atoms with E-state index < -0.39 is 10.0 Å². The standard InChI is InChI=1S/C18H24N4O2S2.HI/c1-19-18(21-11-12-25-16-8-4-3-5-9-16)22-14-15-7-6-10-17(13-15)26(23,24)20-2;/h3-10,13,20H,11-12,14H2,1-2H3,(H2,19,21,22);1H. The zero-order chi connectivity index (χ0) is 18.8. The van der Waals surface area contributed by atoms with Crippen LogP contribution in [0.1, 0.15) is 5.56 Å². The third kappa shape index (κ3) is 8.08. The summed E-state index contributed by atoms with van der Waals surface area (Å²) >= 11 is 1.78. The molecule has 148 valence electrons. The Morgan fingerprint density at radius 2 is 1.81 bits per heavy atom. The van der Waals surface area contributed by atoms with Crippen molar-refractivity contribution < 1.29 is 8.42 Å². The molecule has 0 amide bonds. The van der Waals surface area contributed by atoms with Crippen molar-refractivity contribution in [3.63, 3.8) is 0 Å². The predicted molar refractivity (Wildman–Crippen MR) is 123 cm³/mol. The molecule has 2 aromatic rings. The van der Waals surface area contributed by atoms with Gasteiger partial charge in [0.2, 0.25) is 10.0 Å². The van der Waals surface area contributed by atoms with Gasteiger partial charge in [0, 0.05) is 30.8 Å². The van der Waals surface area contributed by atoms with Gasteiger partial charge in [-0.1, -0.05) is 30.3 Å². The van der Waals surface area contributed by atoms with Gasteiger partial charge in [-0.15, -0.1) is 35.7 Å². The van der Waals surface area contributed by atoms with Gasteiger partial charge in [0.1, 0.15) is 0 Å². The molecule has 0 aliphatic carbocycles. The van der Waals surface area contributed by atoms with Gasteiger partial charge in [0.25, 0.3) is 0 Å². The summed E-state index contributed by atoms with van der Waals surface area (Å²) in [6.45, 7) is 1.26. The molecule has 2 rings (SSSR count). The van der Waals surface area contributed by atoms with Crippen LogP contribution in [0.15, 0.2) is 69.4 Å². The minimum Gasteiger partial charge on any atom is -0.356 e. The lowest BCUT2D eigenvalue weighted by Crippen LogP contribution is -2.38. The van der Waals surface area contributed by atoms with Crippen LogP contribution in [0, 0.1) is 0 Å². The molecule has 0 bridgehead atoms. The summed E-state index contributed by atoms with van der Waals surface area (Å²) in [5.41, 5.74) is 0.864. The van der Waals surface area contributed by atoms with E-state index in [4.69, 9.17) is 0 Å². The summed E-state index contributed by atoms with van der Waals surface area (Å²) in [7, 11) is -0.323. The minimum absolute atomic E-state index is 0. The number of benzene rings is 2. The molecule has 0 aromatic heterocycles. The summed E-state index contributed by atoms with van der Waals surface area (Å²) in [5.74, 6) is 1.60. The molecule has 0 unspecified atom stereocenters. The van der Waals surface area contributed by atoms with E-state index in [0.717, 1.165) is 17.9 Å². The average Bonchev–Trinajstić information content (AvgIpc) is 2.68. The number of sulfonamides is 1. The fraction of sp³-hybridized carbons (Fsp3) is 0.278. The Balaban J connectivity index is 0.00000364. The molecule has 27 heavy (non-hydrogen) atoms. The first kappa shape index (κ1) is 23.7. The molecule has 6 nitrogen and oxygen atoms in total. The summed E-state index contributed by atoms with van der Waals surface area (Å²) in [4.78, 5) is 5.68. The smallest absolute Gasteiger partial charge is 0.240 e. The van der Waals surface area contributed by atoms with E-state index in [-0.39, 0.29) is 28.9 Å². The average molecular weight is 520 g/mol. The molecular weight excluding hydrogens is 495 g/mol. The summed E-state index contributed by atoms with van der Waals surface area (Å²) < 4.78 is 26.1. The number of guanidine groups is 1. The molecule has 0 aliphatic rings. The highest BCUT2D eigenvalue weighted by Crippen LogP contribution is 2.15. The third-order valence-electron chi connectivity index (χ3n) is 3.57. The zero-order valence-corrected chi connectivity index (χ0v) is 19.3. The number of halogens is 1. The van der Waals surface area contributed by atoms with Crippen LogP contribution in [0.3, 0.4) is 0 Å². The highest BCUT2D eigenvalue weighted by molar-refractivity contribution is 14.0. The van der Waals surface area contributed by atoms with E-state index in [9.17, 15) is 8.42 Å². The number of nitrogens with zero attached hydrogens (tertiary/aromatic N) is 1. The van der Waals surface area contributed by atoms with Gasteiger partial charge in [-0.05, 0) is 36.9 Å². The van der Waals surface area contributed by atoms with Crippen molar-refractivity contribution in [2.75, 3.05) is 26.4 Å². The molecule has 0 fully saturated rings. The van der Waals surface area contributed by atoms with Crippen molar-refractivity contribution in [3.8, 4) is 0 Å². The van der Waals surface area contributed by atoms with E-state index >= 15 is 0 Å². The molecule has 2 aromatic carbocycles. The summed E-state index contributed by atoms with van der Waals surface area (Å²) in [6.07, 6.45) is 0. The molecule has 0 spiro atoms. The van der Waals surface area contributed by atoms with Crippen molar-refractivity contribution in [1.29, 1.82) is 0 Å². The normalized spacial score (nSPS) is 11.6. The number of thioether (sulfide) groups is 1. The number of aliphatic imine (C=N–C) groups is 1. The maximum atomic E-state index is 11.9. The number of nitrogens with one attached hydrogen (secondary N) is 3. The fourth-order valence-electron chi connectivity index (χ4n) is 2.20. The van der Waals surface area contributed by atoms with Crippen molar-refractivity contribution in [2.45, 2.75) is 16.3 Å². The molecule has 0 atom stereocenters. The van der Waals surface area contributed by atoms with Crippen LogP contribution >= 0.6 is 35.7 Å². The Bertz CT molecular complexity index is 830. The van der Waals surface area contributed by atoms with Gasteiger partial charge < -0.3 is 10.6 Å². The monoisotopic (exact) mass is 520 g/mol. The molecule has 3 N–H and O–H groups in total. The van der Waals surface area contributed by atoms with Gasteiger partial charge in [0.15, 0.2) is 5.96 Å². The predicted octanol–water partition coefficient (Wildman–Crippen LogP) is 2.67. The van der Waals surface area contributed by atoms with Crippen LogP contribution in [0.25, 0.3) is 0 Å². The molecule has 0 radical (unpaired) electrons. The molecule has 0 aliphatic heterocycles. The Morgan fingerprint density at radius 1 is 1.07 bits per heavy atom. The minimum atomic E-state index is -3.44. The van der Waals surface area contributed by atoms with Gasteiger partial charge in [0.05, 0.1) is 4.90 Å². The number of hydrogen-bond acceptors (Lipinski definition) is 4. The third-order valence-corrected chi connectivity index (χ3v) is 5.99. The Morgan fingerprint density at radius 3 is 2.48 bits per heavy atom. The lowest BCUT2D eigenvalue weighted by Gasteiger charge is -2.12. The maximum Gasteiger partial charge on any atom is 0.240 e. The van der Waals surface area contributed by atoms with Crippen molar-refractivity contribution in [2.24, 2.45) is 4.99 Å². The zero-order valence-electron chi connectivity index (χ0n) is 15.3. The topological polar surface area (TPSA) is 82.6 Å². The van der Waals surface area contributed by atoms with E-state index in [1.165, 1.54) is 11.9 Å². The Hall–Kier alpha value is -1.30. The second-order valence-corrected chi connectivity index (χ2v) is 8.42. The first-order valence-corrected chi connectivity index (χ1v) is 10.7. The Kier molecular flexibility index (Phi) is 10.7. The van der Waals surface area contributed by atoms with Crippen molar-refractivity contribution in [1.82, 2.24) is 15.4 Å². The van der Waals surface area contributed by atoms with E-state index in [0.29, 0.717) is 12.5 Å². The summed E-state index contributed by atoms with van der Waals surface area (Å²) in [5, 5.41) is 6.45. The van der Waals surface area contributed by atoms with Crippen molar-refractivity contribution >= 4 is 51.7 Å². The first-order chi connectivity index (χ1) is 12.5. The molecule has 0 heterocycles. The van der Waals surface area contributed by atoms with Gasteiger partial charge >= 0.3 is 0 Å². The largest absolute Gasteiger partial charge is 0.356 e. The Labute approximate surface area is 182 Å². The second-order valence-electron chi connectivity index (χ2n) is 5.37. The van der Waals surface area contributed by atoms with Crippen molar-refractivity contribution in [3.05, 3.63) is 60.2 Å². The lowest BCUT2D eigenvalue weighted by molar-refractivity contribution is 0.588. The molecule has 9 heteroatoms. The highest BCUT2D eigenvalue weighted by atomic mass is 127. The fourth-order valence-corrected chi connectivity index (χ4v) is 3.79. The quantitative estimate of drug-likeness (QED) is 0.164. The van der Waals surface area contributed by atoms with Crippen LogP contribution in [0.4, 0.5) is 0 Å². The molecule has 0 saturated heterocycles. The van der Waals surface area contributed by atoms with E-state index in [2.05, 4.69) is 32.5 Å².